The fourth-order valence-electron chi connectivity index (χ4n) is 15.3. The highest BCUT2D eigenvalue weighted by atomic mass is 16.3. The fraction of sp³-hybridized carbons (Fsp3) is 0.225. The molecule has 0 amide bonds. The van der Waals surface area contributed by atoms with Gasteiger partial charge in [0.2, 0.25) is 0 Å². The van der Waals surface area contributed by atoms with Crippen molar-refractivity contribution in [3.05, 3.63) is 245 Å². The monoisotopic (exact) mass is 1090 g/mol. The van der Waals surface area contributed by atoms with Crippen LogP contribution in [0.5, 0.6) is 5.75 Å². The highest BCUT2D eigenvalue weighted by Crippen LogP contribution is 2.56. The van der Waals surface area contributed by atoms with Crippen LogP contribution in [0, 0.1) is 13.8 Å². The standard InChI is InChI=1S/C80H72N2O2/c1-5-52-23-15-31-58(45-52)81(72-39-19-35-62(78(72)83)57-30-17-29-56(47-57)60-33-13-7-21-50(60)3)74-48-70(54-25-9-10-26-54)63-42-44-69-75(49-71(55-27-11-12-28-55)64-41-43-68(74)76(63)77(64)69)82(59-32-16-24-53(6-2)46-59)73-40-20-38-67-66-37-18-36-65(79(66)84-80(67)73)61-34-14-8-22-51(61)4/h7-8,13-24,29-39,41-49,54-55,73,83H,5-6,9-12,25-28,40H2,1-4H3. The highest BCUT2D eigenvalue weighted by molar-refractivity contribution is 6.29. The molecule has 0 saturated heterocycles. The Morgan fingerprint density at radius 1 is 0.464 bits per heavy atom. The third kappa shape index (κ3) is 8.70. The maximum atomic E-state index is 13.2. The molecule has 84 heavy (non-hydrogen) atoms. The molecule has 3 aliphatic carbocycles. The number of hydrogen-bond acceptors (Lipinski definition) is 4. The van der Waals surface area contributed by atoms with Crippen molar-refractivity contribution in [1.82, 2.24) is 0 Å². The molecule has 1 aromatic heterocycles. The number of phenolic OH excluding ortho intramolecular Hbond substituents is 1. The number of para-hydroxylation sites is 2. The zero-order chi connectivity index (χ0) is 56.6. The van der Waals surface area contributed by atoms with Crippen LogP contribution in [-0.4, -0.2) is 5.11 Å². The molecule has 1 heterocycles. The SMILES string of the molecule is CCc1cccc(N(c2cccc(-c3cccc(-c4ccccc4C)c3)c2O)c2cc(C3CCCC3)c3ccc4c(N(c5cccc(CC)c5)C5CC=Cc6c5oc5c(-c7ccccc7C)cccc65)cc(C5CCCC5)c5ccc2c3c54)c1. The van der Waals surface area contributed by atoms with Gasteiger partial charge in [-0.1, -0.05) is 197 Å². The summed E-state index contributed by atoms with van der Waals surface area (Å²) in [7, 11) is 0. The summed E-state index contributed by atoms with van der Waals surface area (Å²) in [5, 5.41) is 22.2. The summed E-state index contributed by atoms with van der Waals surface area (Å²) in [5.41, 5.74) is 21.8. The van der Waals surface area contributed by atoms with Crippen LogP contribution in [0.25, 0.3) is 82.7 Å². The molecule has 2 fully saturated rings. The lowest BCUT2D eigenvalue weighted by Crippen LogP contribution is -2.25. The van der Waals surface area contributed by atoms with Gasteiger partial charge in [0, 0.05) is 44.2 Å². The molecule has 11 aromatic carbocycles. The Kier molecular flexibility index (Phi) is 13.2. The lowest BCUT2D eigenvalue weighted by molar-refractivity contribution is 0.478. The van der Waals surface area contributed by atoms with Crippen LogP contribution >= 0.6 is 0 Å². The van der Waals surface area contributed by atoms with Crippen LogP contribution in [0.15, 0.2) is 205 Å². The van der Waals surface area contributed by atoms with E-state index in [1.54, 1.807) is 0 Å². The minimum absolute atomic E-state index is 0.122. The quantitative estimate of drug-likeness (QED) is 0.117. The number of benzene rings is 11. The maximum absolute atomic E-state index is 13.2. The molecular formula is C80H72N2O2. The molecule has 0 radical (unpaired) electrons. The van der Waals surface area contributed by atoms with Crippen molar-refractivity contribution in [2.24, 2.45) is 0 Å². The topological polar surface area (TPSA) is 39.9 Å². The normalized spacial score (nSPS) is 15.5. The van der Waals surface area contributed by atoms with Crippen LogP contribution < -0.4 is 9.80 Å². The van der Waals surface area contributed by atoms with Crippen molar-refractivity contribution in [1.29, 1.82) is 0 Å². The zero-order valence-corrected chi connectivity index (χ0v) is 48.9. The van der Waals surface area contributed by atoms with Crippen molar-refractivity contribution in [2.45, 2.75) is 116 Å². The van der Waals surface area contributed by atoms with Crippen LogP contribution in [-0.2, 0) is 12.8 Å². The molecule has 4 nitrogen and oxygen atoms in total. The number of fused-ring (bicyclic) bond motifs is 3. The fourth-order valence-corrected chi connectivity index (χ4v) is 15.3. The Hall–Kier alpha value is -8.86. The number of rotatable bonds is 13. The molecule has 0 spiro atoms. The number of aromatic hydroxyl groups is 1. The second-order valence-electron chi connectivity index (χ2n) is 24.4. The van der Waals surface area contributed by atoms with Gasteiger partial charge in [-0.3, -0.25) is 0 Å². The van der Waals surface area contributed by atoms with Crippen molar-refractivity contribution in [2.75, 3.05) is 9.80 Å². The van der Waals surface area contributed by atoms with Crippen molar-refractivity contribution < 1.29 is 9.52 Å². The summed E-state index contributed by atoms with van der Waals surface area (Å²) < 4.78 is 7.45. The van der Waals surface area contributed by atoms with Crippen LogP contribution in [0.1, 0.15) is 134 Å². The van der Waals surface area contributed by atoms with Gasteiger partial charge in [-0.15, -0.1) is 0 Å². The number of anilines is 5. The van der Waals surface area contributed by atoms with E-state index in [-0.39, 0.29) is 11.8 Å². The molecule has 15 rings (SSSR count). The van der Waals surface area contributed by atoms with Crippen molar-refractivity contribution >= 4 is 77.8 Å². The van der Waals surface area contributed by atoms with Gasteiger partial charge >= 0.3 is 0 Å². The summed E-state index contributed by atoms with van der Waals surface area (Å²) in [6.07, 6.45) is 17.0. The first-order valence-electron chi connectivity index (χ1n) is 31.1. The number of nitrogens with zero attached hydrogens (tertiary/aromatic N) is 2. The molecule has 0 bridgehead atoms. The van der Waals surface area contributed by atoms with Gasteiger partial charge in [-0.25, -0.2) is 0 Å². The lowest BCUT2D eigenvalue weighted by Gasteiger charge is -2.36. The highest BCUT2D eigenvalue weighted by Gasteiger charge is 2.35. The molecule has 414 valence electrons. The van der Waals surface area contributed by atoms with E-state index in [0.717, 1.165) is 88.1 Å². The second kappa shape index (κ2) is 21.4. The molecule has 2 saturated carbocycles. The summed E-state index contributed by atoms with van der Waals surface area (Å²) in [6, 6.07) is 72.2. The minimum atomic E-state index is -0.122. The molecular weight excluding hydrogens is 1020 g/mol. The van der Waals surface area contributed by atoms with E-state index in [1.165, 1.54) is 132 Å². The van der Waals surface area contributed by atoms with E-state index >= 15 is 0 Å². The first-order valence-corrected chi connectivity index (χ1v) is 31.1. The Morgan fingerprint density at radius 2 is 1.00 bits per heavy atom. The van der Waals surface area contributed by atoms with E-state index < -0.39 is 0 Å². The first-order chi connectivity index (χ1) is 41.3. The Labute approximate surface area is 494 Å². The smallest absolute Gasteiger partial charge is 0.147 e. The van der Waals surface area contributed by atoms with Crippen LogP contribution in [0.4, 0.5) is 28.4 Å². The minimum Gasteiger partial charge on any atom is -0.505 e. The zero-order valence-electron chi connectivity index (χ0n) is 48.9. The van der Waals surface area contributed by atoms with Crippen LogP contribution in [0.3, 0.4) is 0 Å². The van der Waals surface area contributed by atoms with Gasteiger partial charge in [0.15, 0.2) is 0 Å². The Morgan fingerprint density at radius 3 is 1.67 bits per heavy atom. The van der Waals surface area contributed by atoms with E-state index in [1.807, 2.05) is 0 Å². The molecule has 0 aliphatic heterocycles. The van der Waals surface area contributed by atoms with Gasteiger partial charge in [0.25, 0.3) is 0 Å². The molecule has 3 aliphatic rings. The average Bonchev–Trinajstić information content (AvgIpc) is 1.36. The van der Waals surface area contributed by atoms with Gasteiger partial charge in [0.1, 0.15) is 17.1 Å². The predicted molar refractivity (Wildman–Crippen MR) is 355 cm³/mol. The predicted octanol–water partition coefficient (Wildman–Crippen LogP) is 22.9. The van der Waals surface area contributed by atoms with Gasteiger partial charge in [-0.2, -0.15) is 0 Å². The van der Waals surface area contributed by atoms with Gasteiger partial charge in [-0.05, 0) is 196 Å². The van der Waals surface area contributed by atoms with Crippen molar-refractivity contribution in [3.8, 4) is 39.1 Å². The van der Waals surface area contributed by atoms with E-state index in [9.17, 15) is 5.11 Å². The number of hydrogen-bond donors (Lipinski definition) is 1. The van der Waals surface area contributed by atoms with E-state index in [4.69, 9.17) is 4.42 Å². The van der Waals surface area contributed by atoms with Gasteiger partial charge < -0.3 is 19.3 Å². The average molecular weight is 1090 g/mol. The molecule has 4 heteroatoms. The summed E-state index contributed by atoms with van der Waals surface area (Å²) in [5.74, 6) is 2.13. The van der Waals surface area contributed by atoms with Crippen molar-refractivity contribution in [3.63, 3.8) is 0 Å². The van der Waals surface area contributed by atoms with Crippen LogP contribution in [0.2, 0.25) is 0 Å². The van der Waals surface area contributed by atoms with Gasteiger partial charge in [0.05, 0.1) is 23.1 Å². The molecule has 1 N–H and O–H groups in total. The lowest BCUT2D eigenvalue weighted by atomic mass is 9.82. The molecule has 12 aromatic rings. The third-order valence-corrected chi connectivity index (χ3v) is 19.5. The molecule has 1 unspecified atom stereocenters. The van der Waals surface area contributed by atoms with E-state index in [0.29, 0.717) is 11.8 Å². The Bertz CT molecular complexity index is 4530. The van der Waals surface area contributed by atoms with E-state index in [2.05, 4.69) is 244 Å². The number of aryl methyl sites for hydroxylation is 4. The summed E-state index contributed by atoms with van der Waals surface area (Å²) >= 11 is 0. The first kappa shape index (κ1) is 52.0. The number of phenols is 1. The Balaban J connectivity index is 1.00. The maximum Gasteiger partial charge on any atom is 0.147 e. The third-order valence-electron chi connectivity index (χ3n) is 19.5. The largest absolute Gasteiger partial charge is 0.505 e. The molecule has 1 atom stereocenters. The summed E-state index contributed by atoms with van der Waals surface area (Å²) in [6.45, 7) is 8.88. The second-order valence-corrected chi connectivity index (χ2v) is 24.4. The number of furan rings is 1. The summed E-state index contributed by atoms with van der Waals surface area (Å²) in [4.78, 5) is 5.08.